The molecule has 0 radical (unpaired) electrons. The lowest BCUT2D eigenvalue weighted by Gasteiger charge is -2.38. The largest absolute Gasteiger partial charge is 0.462 e. The van der Waals surface area contributed by atoms with E-state index in [2.05, 4.69) is 0 Å². The van der Waals surface area contributed by atoms with Crippen LogP contribution in [0.4, 0.5) is 0 Å². The van der Waals surface area contributed by atoms with E-state index in [-0.39, 0.29) is 17.7 Å². The fourth-order valence-electron chi connectivity index (χ4n) is 5.47. The smallest absolute Gasteiger partial charge is 0.309 e. The van der Waals surface area contributed by atoms with Crippen molar-refractivity contribution < 1.29 is 28.6 Å². The van der Waals surface area contributed by atoms with Crippen molar-refractivity contribution in [2.75, 3.05) is 0 Å². The molecule has 2 aliphatic carbocycles. The maximum absolute atomic E-state index is 12.8. The fraction of sp³-hybridized carbons (Fsp3) is 0.722. The van der Waals surface area contributed by atoms with Gasteiger partial charge in [-0.3, -0.25) is 14.4 Å². The highest BCUT2D eigenvalue weighted by Gasteiger charge is 2.86. The summed E-state index contributed by atoms with van der Waals surface area (Å²) in [5.74, 6) is -1.47. The number of rotatable bonds is 1. The number of esters is 2. The molecule has 2 heterocycles. The molecule has 0 bridgehead atoms. The van der Waals surface area contributed by atoms with Gasteiger partial charge in [0.25, 0.3) is 0 Å². The van der Waals surface area contributed by atoms with Crippen LogP contribution in [0.15, 0.2) is 11.6 Å². The quantitative estimate of drug-likeness (QED) is 0.535. The summed E-state index contributed by atoms with van der Waals surface area (Å²) in [6.45, 7) is 8.87. The Labute approximate surface area is 140 Å². The van der Waals surface area contributed by atoms with Crippen LogP contribution in [0.5, 0.6) is 0 Å². The number of ether oxygens (including phenoxy) is 3. The first-order valence-electron chi connectivity index (χ1n) is 8.39. The van der Waals surface area contributed by atoms with E-state index in [4.69, 9.17) is 14.2 Å². The summed E-state index contributed by atoms with van der Waals surface area (Å²) in [4.78, 5) is 36.7. The number of carbonyl (C=O) groups is 3. The van der Waals surface area contributed by atoms with Crippen LogP contribution in [0.1, 0.15) is 41.0 Å². The Balaban J connectivity index is 1.89. The third kappa shape index (κ3) is 1.49. The Hall–Kier alpha value is -1.69. The Bertz CT molecular complexity index is 710. The standard InChI is InChI=1S/C18H22O6/c1-8-6-12(20)18-16(4,24-18)7-11(22-10(3)19)13-9(2)15(21)23-14(13)17(8,18)5/h6,9,11,13-14H,7H2,1-5H3/t9-,11+,13-,14+,16-,17-,18-/m1/s1. The van der Waals surface area contributed by atoms with E-state index in [0.29, 0.717) is 6.42 Å². The van der Waals surface area contributed by atoms with Crippen molar-refractivity contribution in [2.45, 2.75) is 64.4 Å². The second-order valence-electron chi connectivity index (χ2n) is 7.98. The maximum atomic E-state index is 12.8. The number of ketones is 1. The van der Waals surface area contributed by atoms with Gasteiger partial charge in [-0.15, -0.1) is 0 Å². The molecule has 6 nitrogen and oxygen atoms in total. The monoisotopic (exact) mass is 334 g/mol. The van der Waals surface area contributed by atoms with Crippen molar-refractivity contribution in [2.24, 2.45) is 17.3 Å². The van der Waals surface area contributed by atoms with E-state index in [1.165, 1.54) is 6.92 Å². The van der Waals surface area contributed by atoms with Gasteiger partial charge in [-0.1, -0.05) is 12.5 Å². The third-order valence-electron chi connectivity index (χ3n) is 6.77. The number of epoxide rings is 1. The molecule has 2 aliphatic heterocycles. The average Bonchev–Trinajstić information content (AvgIpc) is 2.93. The maximum Gasteiger partial charge on any atom is 0.309 e. The van der Waals surface area contributed by atoms with Crippen LogP contribution in [0.25, 0.3) is 0 Å². The zero-order valence-electron chi connectivity index (χ0n) is 14.5. The molecule has 3 fully saturated rings. The van der Waals surface area contributed by atoms with Crippen molar-refractivity contribution in [3.63, 3.8) is 0 Å². The Morgan fingerprint density at radius 3 is 2.62 bits per heavy atom. The molecule has 1 spiro atoms. The van der Waals surface area contributed by atoms with E-state index in [0.717, 1.165) is 5.57 Å². The molecule has 4 aliphatic rings. The zero-order valence-corrected chi connectivity index (χ0v) is 14.5. The first-order chi connectivity index (χ1) is 11.1. The molecule has 1 saturated carbocycles. The second kappa shape index (κ2) is 4.28. The minimum absolute atomic E-state index is 0.0807. The molecule has 0 aromatic heterocycles. The highest BCUT2D eigenvalue weighted by Crippen LogP contribution is 2.71. The summed E-state index contributed by atoms with van der Waals surface area (Å²) >= 11 is 0. The van der Waals surface area contributed by atoms with Crippen molar-refractivity contribution in [3.8, 4) is 0 Å². The topological polar surface area (TPSA) is 82.2 Å². The molecule has 0 N–H and O–H groups in total. The Morgan fingerprint density at radius 1 is 1.33 bits per heavy atom. The van der Waals surface area contributed by atoms with Crippen molar-refractivity contribution in [3.05, 3.63) is 11.6 Å². The predicted molar refractivity (Wildman–Crippen MR) is 81.8 cm³/mol. The summed E-state index contributed by atoms with van der Waals surface area (Å²) < 4.78 is 17.3. The van der Waals surface area contributed by atoms with E-state index >= 15 is 0 Å². The van der Waals surface area contributed by atoms with Crippen LogP contribution in [0.3, 0.4) is 0 Å². The molecule has 0 amide bonds. The SMILES string of the molecule is CC(=O)O[C@H]1C[C@@]2(C)O[C@]23C(=O)C=C(C)[C@]3(C)[C@H]2OC(=O)[C@H](C)[C@H]12. The minimum atomic E-state index is -1.02. The molecule has 6 heteroatoms. The molecular weight excluding hydrogens is 312 g/mol. The number of fused-ring (bicyclic) bond motifs is 2. The molecular formula is C18H22O6. The van der Waals surface area contributed by atoms with E-state index < -0.39 is 40.7 Å². The first kappa shape index (κ1) is 15.8. The fourth-order valence-corrected chi connectivity index (χ4v) is 5.47. The first-order valence-corrected chi connectivity index (χ1v) is 8.39. The Kier molecular flexibility index (Phi) is 2.82. The number of hydrogen-bond acceptors (Lipinski definition) is 6. The van der Waals surface area contributed by atoms with Crippen LogP contribution >= 0.6 is 0 Å². The van der Waals surface area contributed by atoms with Crippen LogP contribution in [-0.2, 0) is 28.6 Å². The molecule has 130 valence electrons. The molecule has 0 unspecified atom stereocenters. The predicted octanol–water partition coefficient (Wildman–Crippen LogP) is 1.56. The summed E-state index contributed by atoms with van der Waals surface area (Å²) in [5, 5.41) is 0. The lowest BCUT2D eigenvalue weighted by molar-refractivity contribution is -0.155. The van der Waals surface area contributed by atoms with Gasteiger partial charge in [-0.05, 0) is 26.8 Å². The third-order valence-corrected chi connectivity index (χ3v) is 6.77. The van der Waals surface area contributed by atoms with Gasteiger partial charge in [0.15, 0.2) is 11.4 Å². The molecule has 4 rings (SSSR count). The van der Waals surface area contributed by atoms with Crippen molar-refractivity contribution in [1.29, 1.82) is 0 Å². The lowest BCUT2D eigenvalue weighted by Crippen LogP contribution is -2.51. The van der Waals surface area contributed by atoms with Crippen LogP contribution in [-0.4, -0.2) is 41.1 Å². The number of hydrogen-bond donors (Lipinski definition) is 0. The van der Waals surface area contributed by atoms with Gasteiger partial charge in [-0.2, -0.15) is 0 Å². The Morgan fingerprint density at radius 2 is 2.00 bits per heavy atom. The average molecular weight is 334 g/mol. The number of carbonyl (C=O) groups excluding carboxylic acids is 3. The highest BCUT2D eigenvalue weighted by atomic mass is 16.6. The zero-order chi connectivity index (χ0) is 17.7. The highest BCUT2D eigenvalue weighted by molar-refractivity contribution is 6.06. The van der Waals surface area contributed by atoms with Crippen LogP contribution in [0.2, 0.25) is 0 Å². The molecule has 7 atom stereocenters. The van der Waals surface area contributed by atoms with E-state index in [1.54, 1.807) is 13.0 Å². The summed E-state index contributed by atoms with van der Waals surface area (Å²) in [6, 6.07) is 0. The minimum Gasteiger partial charge on any atom is -0.462 e. The van der Waals surface area contributed by atoms with Gasteiger partial charge < -0.3 is 14.2 Å². The van der Waals surface area contributed by atoms with Gasteiger partial charge in [0, 0.05) is 19.3 Å². The van der Waals surface area contributed by atoms with Gasteiger partial charge in [0.2, 0.25) is 0 Å². The summed E-state index contributed by atoms with van der Waals surface area (Å²) in [5.41, 5.74) is -1.62. The lowest BCUT2D eigenvalue weighted by atomic mass is 9.65. The van der Waals surface area contributed by atoms with Gasteiger partial charge >= 0.3 is 11.9 Å². The van der Waals surface area contributed by atoms with Gasteiger partial charge in [-0.25, -0.2) is 0 Å². The van der Waals surface area contributed by atoms with Crippen molar-refractivity contribution in [1.82, 2.24) is 0 Å². The van der Waals surface area contributed by atoms with E-state index in [1.807, 2.05) is 20.8 Å². The summed E-state index contributed by atoms with van der Waals surface area (Å²) in [7, 11) is 0. The van der Waals surface area contributed by atoms with Crippen molar-refractivity contribution >= 4 is 17.7 Å². The van der Waals surface area contributed by atoms with Gasteiger partial charge in [0.1, 0.15) is 17.8 Å². The van der Waals surface area contributed by atoms with Crippen LogP contribution in [0, 0.1) is 17.3 Å². The van der Waals surface area contributed by atoms with Crippen LogP contribution < -0.4 is 0 Å². The molecule has 24 heavy (non-hydrogen) atoms. The van der Waals surface area contributed by atoms with E-state index in [9.17, 15) is 14.4 Å². The molecule has 2 saturated heterocycles. The van der Waals surface area contributed by atoms with Gasteiger partial charge in [0.05, 0.1) is 11.3 Å². The summed E-state index contributed by atoms with van der Waals surface area (Å²) in [6.07, 6.45) is 0.945. The second-order valence-corrected chi connectivity index (χ2v) is 7.98. The molecule has 0 aromatic carbocycles. The normalized spacial score (nSPS) is 51.8. The molecule has 0 aromatic rings.